The van der Waals surface area contributed by atoms with Crippen LogP contribution in [0.25, 0.3) is 0 Å². The van der Waals surface area contributed by atoms with Crippen LogP contribution in [0.3, 0.4) is 0 Å². The normalized spacial score (nSPS) is 13.8. The maximum Gasteiger partial charge on any atom is 0.226 e. The lowest BCUT2D eigenvalue weighted by molar-refractivity contribution is -0.128. The summed E-state index contributed by atoms with van der Waals surface area (Å²) in [6.07, 6.45) is 0.952. The van der Waals surface area contributed by atoms with E-state index in [9.17, 15) is 9.59 Å². The van der Waals surface area contributed by atoms with Crippen molar-refractivity contribution in [2.75, 3.05) is 25.1 Å². The largest absolute Gasteiger partial charge is 0.490 e. The van der Waals surface area contributed by atoms with Crippen molar-refractivity contribution in [1.29, 1.82) is 0 Å². The number of nitrogens with one attached hydrogen (secondary N) is 2. The van der Waals surface area contributed by atoms with E-state index < -0.39 is 5.41 Å². The van der Waals surface area contributed by atoms with Crippen LogP contribution in [0, 0.1) is 5.41 Å². The van der Waals surface area contributed by atoms with Crippen LogP contribution >= 0.6 is 11.6 Å². The summed E-state index contributed by atoms with van der Waals surface area (Å²) >= 11 is 6.18. The number of ether oxygens (including phenoxy) is 2. The molecule has 1 aromatic carbocycles. The molecule has 6 nitrogen and oxygen atoms in total. The van der Waals surface area contributed by atoms with E-state index in [4.69, 9.17) is 21.1 Å². The van der Waals surface area contributed by atoms with Gasteiger partial charge in [0.1, 0.15) is 0 Å². The van der Waals surface area contributed by atoms with E-state index in [1.807, 2.05) is 20.8 Å². The Morgan fingerprint density at radius 1 is 1.17 bits per heavy atom. The van der Waals surface area contributed by atoms with Crippen molar-refractivity contribution in [3.05, 3.63) is 17.2 Å². The zero-order valence-corrected chi connectivity index (χ0v) is 15.0. The van der Waals surface area contributed by atoms with Gasteiger partial charge in [0.2, 0.25) is 11.8 Å². The van der Waals surface area contributed by atoms with E-state index in [1.54, 1.807) is 12.1 Å². The maximum atomic E-state index is 12.0. The lowest BCUT2D eigenvalue weighted by atomic mass is 9.96. The molecule has 2 rings (SSSR count). The second-order valence-electron chi connectivity index (χ2n) is 6.63. The van der Waals surface area contributed by atoms with Gasteiger partial charge < -0.3 is 20.1 Å². The minimum absolute atomic E-state index is 0.0936. The van der Waals surface area contributed by atoms with E-state index in [-0.39, 0.29) is 24.8 Å². The van der Waals surface area contributed by atoms with E-state index in [0.29, 0.717) is 35.4 Å². The first-order valence-corrected chi connectivity index (χ1v) is 8.32. The second-order valence-corrected chi connectivity index (χ2v) is 7.04. The summed E-state index contributed by atoms with van der Waals surface area (Å²) in [6, 6.07) is 3.30. The van der Waals surface area contributed by atoms with Crippen LogP contribution in [0.1, 0.15) is 33.6 Å². The van der Waals surface area contributed by atoms with Crippen molar-refractivity contribution in [3.8, 4) is 11.5 Å². The zero-order chi connectivity index (χ0) is 17.7. The molecule has 2 N–H and O–H groups in total. The zero-order valence-electron chi connectivity index (χ0n) is 14.2. The molecular formula is C17H23ClN2O4. The van der Waals surface area contributed by atoms with Crippen molar-refractivity contribution in [2.24, 2.45) is 5.41 Å². The van der Waals surface area contributed by atoms with Crippen LogP contribution in [0.5, 0.6) is 11.5 Å². The maximum absolute atomic E-state index is 12.0. The Bertz CT molecular complexity index is 626. The Morgan fingerprint density at radius 3 is 2.42 bits per heavy atom. The molecule has 0 spiro atoms. The monoisotopic (exact) mass is 354 g/mol. The molecule has 0 unspecified atom stereocenters. The summed E-state index contributed by atoms with van der Waals surface area (Å²) in [7, 11) is 0. The van der Waals surface area contributed by atoms with Crippen molar-refractivity contribution in [3.63, 3.8) is 0 Å². The van der Waals surface area contributed by atoms with Gasteiger partial charge in [-0.15, -0.1) is 0 Å². The predicted molar refractivity (Wildman–Crippen MR) is 92.8 cm³/mol. The number of carbonyl (C=O) groups is 2. The van der Waals surface area contributed by atoms with Gasteiger partial charge in [-0.25, -0.2) is 0 Å². The number of fused-ring (bicyclic) bond motifs is 1. The molecule has 1 aromatic rings. The van der Waals surface area contributed by atoms with Gasteiger partial charge in [0, 0.05) is 36.9 Å². The van der Waals surface area contributed by atoms with Gasteiger partial charge in [-0.1, -0.05) is 32.4 Å². The average molecular weight is 355 g/mol. The lowest BCUT2D eigenvalue weighted by Gasteiger charge is -2.17. The van der Waals surface area contributed by atoms with Crippen molar-refractivity contribution >= 4 is 29.1 Å². The molecule has 0 bridgehead atoms. The fourth-order valence-corrected chi connectivity index (χ4v) is 2.25. The number of hydrogen-bond donors (Lipinski definition) is 2. The Labute approximate surface area is 146 Å². The SMILES string of the molecule is CC(C)(C)C(=O)NCCC(=O)Nc1cc2c(cc1Cl)OCCCO2. The van der Waals surface area contributed by atoms with Crippen LogP contribution in [0.2, 0.25) is 5.02 Å². The minimum Gasteiger partial charge on any atom is -0.490 e. The topological polar surface area (TPSA) is 76.7 Å². The van der Waals surface area contributed by atoms with E-state index in [1.165, 1.54) is 0 Å². The quantitative estimate of drug-likeness (QED) is 0.871. The lowest BCUT2D eigenvalue weighted by Crippen LogP contribution is -2.36. The van der Waals surface area contributed by atoms with Gasteiger partial charge in [-0.3, -0.25) is 9.59 Å². The Hall–Kier alpha value is -1.95. The van der Waals surface area contributed by atoms with Gasteiger partial charge >= 0.3 is 0 Å². The first kappa shape index (κ1) is 18.4. The highest BCUT2D eigenvalue weighted by Gasteiger charge is 2.21. The van der Waals surface area contributed by atoms with Gasteiger partial charge in [0.25, 0.3) is 0 Å². The molecule has 24 heavy (non-hydrogen) atoms. The summed E-state index contributed by atoms with van der Waals surface area (Å²) < 4.78 is 11.1. The third kappa shape index (κ3) is 5.03. The number of benzene rings is 1. The summed E-state index contributed by atoms with van der Waals surface area (Å²) in [4.78, 5) is 23.8. The Morgan fingerprint density at radius 2 is 1.79 bits per heavy atom. The predicted octanol–water partition coefficient (Wildman–Crippen LogP) is 2.99. The van der Waals surface area contributed by atoms with E-state index in [0.717, 1.165) is 6.42 Å². The van der Waals surface area contributed by atoms with Crippen LogP contribution in [0.15, 0.2) is 12.1 Å². The van der Waals surface area contributed by atoms with Gasteiger partial charge in [0.05, 0.1) is 23.9 Å². The van der Waals surface area contributed by atoms with Crippen LogP contribution < -0.4 is 20.1 Å². The number of anilines is 1. The van der Waals surface area contributed by atoms with Crippen LogP contribution in [0.4, 0.5) is 5.69 Å². The summed E-state index contributed by atoms with van der Waals surface area (Å²) in [6.45, 7) is 6.85. The van der Waals surface area contributed by atoms with E-state index >= 15 is 0 Å². The highest BCUT2D eigenvalue weighted by molar-refractivity contribution is 6.34. The molecule has 132 valence electrons. The first-order valence-electron chi connectivity index (χ1n) is 7.94. The highest BCUT2D eigenvalue weighted by atomic mass is 35.5. The Kier molecular flexibility index (Phi) is 5.94. The number of amides is 2. The molecule has 2 amide bonds. The summed E-state index contributed by atoms with van der Waals surface area (Å²) in [5.41, 5.74) is -0.0122. The highest BCUT2D eigenvalue weighted by Crippen LogP contribution is 2.37. The molecule has 0 radical (unpaired) electrons. The molecule has 7 heteroatoms. The molecule has 0 aromatic heterocycles. The molecule has 0 atom stereocenters. The number of halogens is 1. The van der Waals surface area contributed by atoms with Gasteiger partial charge in [-0.2, -0.15) is 0 Å². The fourth-order valence-electron chi connectivity index (χ4n) is 2.05. The molecule has 1 aliphatic heterocycles. The molecule has 1 aliphatic rings. The first-order chi connectivity index (χ1) is 11.3. The van der Waals surface area contributed by atoms with Crippen LogP contribution in [-0.2, 0) is 9.59 Å². The van der Waals surface area contributed by atoms with E-state index in [2.05, 4.69) is 10.6 Å². The summed E-state index contributed by atoms with van der Waals surface area (Å²) in [5.74, 6) is 0.811. The third-order valence-corrected chi connectivity index (χ3v) is 3.74. The van der Waals surface area contributed by atoms with Crippen LogP contribution in [-0.4, -0.2) is 31.6 Å². The molecule has 0 aliphatic carbocycles. The number of hydrogen-bond acceptors (Lipinski definition) is 4. The molecule has 0 saturated heterocycles. The molecule has 0 saturated carbocycles. The second kappa shape index (κ2) is 7.75. The summed E-state index contributed by atoms with van der Waals surface area (Å²) in [5, 5.41) is 5.85. The van der Waals surface area contributed by atoms with Crippen molar-refractivity contribution < 1.29 is 19.1 Å². The molecule has 1 heterocycles. The third-order valence-electron chi connectivity index (χ3n) is 3.43. The number of rotatable bonds is 4. The van der Waals surface area contributed by atoms with Crippen molar-refractivity contribution in [2.45, 2.75) is 33.6 Å². The fraction of sp³-hybridized carbons (Fsp3) is 0.529. The van der Waals surface area contributed by atoms with Gasteiger partial charge in [0.15, 0.2) is 11.5 Å². The smallest absolute Gasteiger partial charge is 0.226 e. The van der Waals surface area contributed by atoms with Gasteiger partial charge in [-0.05, 0) is 0 Å². The molecular weight excluding hydrogens is 332 g/mol. The molecule has 0 fully saturated rings. The standard InChI is InChI=1S/C17H23ClN2O4/c1-17(2,3)16(22)19-6-5-15(21)20-12-10-14-13(9-11(12)18)23-7-4-8-24-14/h9-10H,4-8H2,1-3H3,(H,19,22)(H,20,21). The minimum atomic E-state index is -0.478. The Balaban J connectivity index is 1.92. The average Bonchev–Trinajstić information content (AvgIpc) is 2.71. The number of carbonyl (C=O) groups excluding carboxylic acids is 2. The van der Waals surface area contributed by atoms with Crippen molar-refractivity contribution in [1.82, 2.24) is 5.32 Å².